The lowest BCUT2D eigenvalue weighted by Gasteiger charge is -2.32. The molecule has 1 aromatic carbocycles. The molecular formula is C21H20F5N3O5. The van der Waals surface area contributed by atoms with Crippen molar-refractivity contribution in [2.24, 2.45) is 16.6 Å². The Morgan fingerprint density at radius 2 is 1.91 bits per heavy atom. The zero-order valence-electron chi connectivity index (χ0n) is 18.1. The van der Waals surface area contributed by atoms with E-state index in [0.717, 1.165) is 45.4 Å². The quantitative estimate of drug-likeness (QED) is 0.506. The Hall–Kier alpha value is -3.48. The van der Waals surface area contributed by atoms with Crippen molar-refractivity contribution >= 4 is 11.8 Å². The molecule has 34 heavy (non-hydrogen) atoms. The standard InChI is InChI=1S/C21H20F5N3O5/c1-9-14(11-4-5-12(22)15(23)16(11)33-3)17(34-20(9,2)21(24,25)26)19(31)28-10-6-7-29(32)13(8-10)18(27)30/h4-9,14,17,32H,1-3H3,(H2,27,30)/t9-,14-,17-,20-/m0/s1. The molecule has 13 heteroatoms. The Morgan fingerprint density at radius 1 is 1.26 bits per heavy atom. The number of alkyl halides is 3. The van der Waals surface area contributed by atoms with E-state index < -0.39 is 64.6 Å². The molecule has 1 saturated heterocycles. The Morgan fingerprint density at radius 3 is 2.47 bits per heavy atom. The Balaban J connectivity index is 2.18. The maximum Gasteiger partial charge on any atom is 0.417 e. The molecule has 3 rings (SSSR count). The molecular weight excluding hydrogens is 469 g/mol. The smallest absolute Gasteiger partial charge is 0.417 e. The van der Waals surface area contributed by atoms with Gasteiger partial charge in [-0.15, -0.1) is 0 Å². The van der Waals surface area contributed by atoms with Crippen molar-refractivity contribution in [2.75, 3.05) is 7.11 Å². The number of ether oxygens (including phenoxy) is 2. The number of rotatable bonds is 4. The lowest BCUT2D eigenvalue weighted by Crippen LogP contribution is -2.47. The average molecular weight is 489 g/mol. The van der Waals surface area contributed by atoms with E-state index in [1.165, 1.54) is 0 Å². The van der Waals surface area contributed by atoms with Gasteiger partial charge in [-0.05, 0) is 25.1 Å². The van der Waals surface area contributed by atoms with Crippen molar-refractivity contribution < 1.29 is 46.2 Å². The molecule has 2 amide bonds. The second-order valence-corrected chi connectivity index (χ2v) is 7.87. The normalized spacial score (nSPS) is 25.4. The highest BCUT2D eigenvalue weighted by atomic mass is 19.4. The fraction of sp³-hybridized carbons (Fsp3) is 0.381. The summed E-state index contributed by atoms with van der Waals surface area (Å²) in [5, 5.41) is 9.39. The molecule has 1 aliphatic heterocycles. The van der Waals surface area contributed by atoms with Crippen molar-refractivity contribution in [2.45, 2.75) is 37.6 Å². The maximum atomic E-state index is 14.4. The molecule has 0 unspecified atom stereocenters. The number of hydrogen-bond donors (Lipinski definition) is 2. The highest BCUT2D eigenvalue weighted by Crippen LogP contribution is 2.55. The van der Waals surface area contributed by atoms with Crippen molar-refractivity contribution in [3.63, 3.8) is 0 Å². The van der Waals surface area contributed by atoms with Crippen molar-refractivity contribution in [1.82, 2.24) is 4.73 Å². The number of halogens is 5. The molecule has 0 aliphatic carbocycles. The molecule has 4 atom stereocenters. The van der Waals surface area contributed by atoms with E-state index in [2.05, 4.69) is 4.99 Å². The molecule has 0 saturated carbocycles. The molecule has 2 aromatic rings. The molecule has 3 N–H and O–H groups in total. The van der Waals surface area contributed by atoms with Crippen LogP contribution in [0.3, 0.4) is 0 Å². The number of nitrogens with two attached hydrogens (primary N) is 1. The summed E-state index contributed by atoms with van der Waals surface area (Å²) in [6.07, 6.45) is -5.86. The van der Waals surface area contributed by atoms with Gasteiger partial charge in [-0.1, -0.05) is 13.0 Å². The minimum absolute atomic E-state index is 0.211. The van der Waals surface area contributed by atoms with E-state index in [4.69, 9.17) is 15.2 Å². The van der Waals surface area contributed by atoms with Crippen LogP contribution in [0.15, 0.2) is 35.5 Å². The van der Waals surface area contributed by atoms with Gasteiger partial charge < -0.3 is 20.4 Å². The number of aromatic nitrogens is 1. The van der Waals surface area contributed by atoms with Crippen molar-refractivity contribution in [3.8, 4) is 5.75 Å². The van der Waals surface area contributed by atoms with Crippen LogP contribution in [-0.4, -0.2) is 46.7 Å². The van der Waals surface area contributed by atoms with Crippen LogP contribution in [0.25, 0.3) is 0 Å². The summed E-state index contributed by atoms with van der Waals surface area (Å²) in [5.74, 6) is -8.53. The van der Waals surface area contributed by atoms with Crippen LogP contribution in [0.5, 0.6) is 5.75 Å². The second kappa shape index (κ2) is 8.70. The predicted molar refractivity (Wildman–Crippen MR) is 105 cm³/mol. The third kappa shape index (κ3) is 4.11. The van der Waals surface area contributed by atoms with Crippen molar-refractivity contribution in [3.05, 3.63) is 58.7 Å². The molecule has 0 bridgehead atoms. The van der Waals surface area contributed by atoms with Crippen LogP contribution < -0.4 is 15.8 Å². The minimum Gasteiger partial charge on any atom is -0.493 e. The maximum absolute atomic E-state index is 14.4. The van der Waals surface area contributed by atoms with E-state index in [1.54, 1.807) is 0 Å². The second-order valence-electron chi connectivity index (χ2n) is 7.87. The molecule has 1 aromatic heterocycles. The highest BCUT2D eigenvalue weighted by molar-refractivity contribution is 5.91. The van der Waals surface area contributed by atoms with Crippen LogP contribution in [0.4, 0.5) is 22.0 Å². The fourth-order valence-electron chi connectivity index (χ4n) is 3.95. The van der Waals surface area contributed by atoms with Gasteiger partial charge in [-0.2, -0.15) is 22.3 Å². The highest BCUT2D eigenvalue weighted by Gasteiger charge is 2.65. The van der Waals surface area contributed by atoms with Gasteiger partial charge >= 0.3 is 6.18 Å². The van der Waals surface area contributed by atoms with E-state index in [-0.39, 0.29) is 10.9 Å². The van der Waals surface area contributed by atoms with Crippen LogP contribution in [0.1, 0.15) is 35.8 Å². The molecule has 2 heterocycles. The Kier molecular flexibility index (Phi) is 6.44. The first-order valence-corrected chi connectivity index (χ1v) is 9.79. The number of carbonyl (C=O) groups excluding carboxylic acids is 2. The summed E-state index contributed by atoms with van der Waals surface area (Å²) in [4.78, 5) is 28.1. The lowest BCUT2D eigenvalue weighted by atomic mass is 9.77. The summed E-state index contributed by atoms with van der Waals surface area (Å²) in [6, 6.07) is 3.76. The summed E-state index contributed by atoms with van der Waals surface area (Å²) >= 11 is 0. The van der Waals surface area contributed by atoms with Gasteiger partial charge in [-0.3, -0.25) is 9.59 Å². The third-order valence-corrected chi connectivity index (χ3v) is 5.97. The number of nitrogens with zero attached hydrogens (tertiary/aromatic N) is 2. The first kappa shape index (κ1) is 25.1. The monoisotopic (exact) mass is 489 g/mol. The average Bonchev–Trinajstić information content (AvgIpc) is 3.03. The van der Waals surface area contributed by atoms with E-state index in [9.17, 15) is 36.7 Å². The third-order valence-electron chi connectivity index (χ3n) is 5.97. The first-order valence-electron chi connectivity index (χ1n) is 9.79. The Labute approximate surface area is 189 Å². The molecule has 1 fully saturated rings. The van der Waals surface area contributed by atoms with Gasteiger partial charge in [0.1, 0.15) is 11.8 Å². The van der Waals surface area contributed by atoms with Gasteiger partial charge in [-0.25, -0.2) is 9.38 Å². The van der Waals surface area contributed by atoms with Gasteiger partial charge in [0.2, 0.25) is 5.82 Å². The predicted octanol–water partition coefficient (Wildman–Crippen LogP) is 2.68. The van der Waals surface area contributed by atoms with Crippen molar-refractivity contribution in [1.29, 1.82) is 0 Å². The van der Waals surface area contributed by atoms with E-state index in [1.807, 2.05) is 0 Å². The van der Waals surface area contributed by atoms with E-state index >= 15 is 0 Å². The number of methoxy groups -OCH3 is 1. The molecule has 184 valence electrons. The van der Waals surface area contributed by atoms with Gasteiger partial charge in [0.25, 0.3) is 11.8 Å². The topological polar surface area (TPSA) is 116 Å². The summed E-state index contributed by atoms with van der Waals surface area (Å²) in [5.41, 5.74) is 1.61. The molecule has 8 nitrogen and oxygen atoms in total. The lowest BCUT2D eigenvalue weighted by molar-refractivity contribution is -0.272. The van der Waals surface area contributed by atoms with E-state index in [0.29, 0.717) is 10.8 Å². The number of primary amides is 1. The molecule has 0 spiro atoms. The van der Waals surface area contributed by atoms with Crippen LogP contribution >= 0.6 is 0 Å². The fourth-order valence-corrected chi connectivity index (χ4v) is 3.95. The summed E-state index contributed by atoms with van der Waals surface area (Å²) in [7, 11) is 1.01. The number of benzene rings is 1. The summed E-state index contributed by atoms with van der Waals surface area (Å²) in [6.45, 7) is 1.90. The zero-order valence-corrected chi connectivity index (χ0v) is 18.1. The number of carbonyl (C=O) groups is 2. The summed E-state index contributed by atoms with van der Waals surface area (Å²) < 4.78 is 80.4. The molecule has 1 aliphatic rings. The number of pyridine rings is 1. The van der Waals surface area contributed by atoms with Gasteiger partial charge in [0.15, 0.2) is 17.2 Å². The number of amides is 2. The van der Waals surface area contributed by atoms with Crippen LogP contribution in [-0.2, 0) is 9.53 Å². The first-order chi connectivity index (χ1) is 15.7. The van der Waals surface area contributed by atoms with Gasteiger partial charge in [0.05, 0.1) is 12.5 Å². The number of hydrogen-bond acceptors (Lipinski definition) is 5. The van der Waals surface area contributed by atoms with Crippen LogP contribution in [0, 0.1) is 17.6 Å². The zero-order chi connectivity index (χ0) is 25.6. The van der Waals surface area contributed by atoms with Gasteiger partial charge in [0, 0.05) is 23.6 Å². The van der Waals surface area contributed by atoms with Crippen LogP contribution in [0.2, 0.25) is 0 Å². The Bertz CT molecular complexity index is 1210. The molecule has 0 radical (unpaired) electrons. The minimum atomic E-state index is -4.93. The largest absolute Gasteiger partial charge is 0.493 e. The SMILES string of the molecule is COc1c([C@H]2[C@@H](C(=O)N=c3ccn(O)c(C(N)=O)c3)O[C@](C)(C(F)(F)F)[C@H]2C)ccc(F)c1F.